The largest absolute Gasteiger partial charge is 0.336 e. The lowest BCUT2D eigenvalue weighted by atomic mass is 10.2. The molecule has 0 fully saturated rings. The van der Waals surface area contributed by atoms with Crippen LogP contribution in [0.4, 0.5) is 0 Å². The number of carbonyl (C=O) groups excluding carboxylic acids is 1. The van der Waals surface area contributed by atoms with Gasteiger partial charge >= 0.3 is 5.97 Å². The summed E-state index contributed by atoms with van der Waals surface area (Å²) < 4.78 is 1.32. The highest BCUT2D eigenvalue weighted by Gasteiger charge is 2.03. The summed E-state index contributed by atoms with van der Waals surface area (Å²) in [5.41, 5.74) is 0. The summed E-state index contributed by atoms with van der Waals surface area (Å²) >= 11 is 0. The van der Waals surface area contributed by atoms with Crippen LogP contribution >= 0.6 is 0 Å². The van der Waals surface area contributed by atoms with E-state index in [-0.39, 0.29) is 5.97 Å². The summed E-state index contributed by atoms with van der Waals surface area (Å²) in [4.78, 5) is 19.9. The maximum atomic E-state index is 11.2. The Bertz CT molecular complexity index is 257. The summed E-state index contributed by atoms with van der Waals surface area (Å²) in [5.74, 6) is -0.195. The van der Waals surface area contributed by atoms with Gasteiger partial charge in [0.05, 0.1) is 6.20 Å². The molecule has 0 unspecified atom stereocenters. The first kappa shape index (κ1) is 10.8. The fraction of sp³-hybridized carbons (Fsp3) is 0.600. The number of unbranched alkanes of at least 4 members (excludes halogenated alkanes) is 3. The van der Waals surface area contributed by atoms with Crippen LogP contribution in [0.2, 0.25) is 0 Å². The van der Waals surface area contributed by atoms with E-state index >= 15 is 0 Å². The molecule has 1 aromatic heterocycles. The highest BCUT2D eigenvalue weighted by Crippen LogP contribution is 2.02. The Morgan fingerprint density at radius 1 is 1.43 bits per heavy atom. The predicted octanol–water partition coefficient (Wildman–Crippen LogP) is 1.81. The Hall–Kier alpha value is -1.32. The fourth-order valence-corrected chi connectivity index (χ4v) is 1.16. The number of nitrogens with zero attached hydrogens (tertiary/aromatic N) is 2. The minimum atomic E-state index is -0.195. The molecule has 0 aromatic carbocycles. The van der Waals surface area contributed by atoms with Gasteiger partial charge in [0.1, 0.15) is 6.33 Å². The number of aromatic nitrogens is 2. The third kappa shape index (κ3) is 4.07. The van der Waals surface area contributed by atoms with Crippen LogP contribution in [0.1, 0.15) is 39.0 Å². The Labute approximate surface area is 83.9 Å². The second kappa shape index (κ2) is 6.18. The Balaban J connectivity index is 2.11. The van der Waals surface area contributed by atoms with Crippen LogP contribution < -0.4 is 4.84 Å². The van der Waals surface area contributed by atoms with Crippen molar-refractivity contribution in [3.8, 4) is 0 Å². The van der Waals surface area contributed by atoms with E-state index in [2.05, 4.69) is 11.9 Å². The molecule has 0 radical (unpaired) electrons. The number of rotatable bonds is 6. The molecule has 0 aliphatic heterocycles. The van der Waals surface area contributed by atoms with E-state index in [1.165, 1.54) is 23.9 Å². The van der Waals surface area contributed by atoms with Crippen LogP contribution in [0.25, 0.3) is 0 Å². The summed E-state index contributed by atoms with van der Waals surface area (Å²) in [7, 11) is 0. The molecule has 1 aromatic rings. The highest BCUT2D eigenvalue weighted by atomic mass is 16.7. The average molecular weight is 196 g/mol. The lowest BCUT2D eigenvalue weighted by molar-refractivity contribution is -0.144. The quantitative estimate of drug-likeness (QED) is 0.652. The minimum absolute atomic E-state index is 0.195. The SMILES string of the molecule is CCCCCCC(=O)On1ccnc1. The molecule has 4 nitrogen and oxygen atoms in total. The molecule has 0 saturated carbocycles. The first-order valence-electron chi connectivity index (χ1n) is 5.02. The van der Waals surface area contributed by atoms with Gasteiger partial charge in [-0.05, 0) is 6.42 Å². The van der Waals surface area contributed by atoms with Gasteiger partial charge in [0.25, 0.3) is 0 Å². The van der Waals surface area contributed by atoms with E-state index in [0.29, 0.717) is 6.42 Å². The van der Waals surface area contributed by atoms with Gasteiger partial charge in [0, 0.05) is 12.6 Å². The van der Waals surface area contributed by atoms with Crippen molar-refractivity contribution in [2.45, 2.75) is 39.0 Å². The molecule has 0 aliphatic rings. The average Bonchev–Trinajstić information content (AvgIpc) is 2.65. The Kier molecular flexibility index (Phi) is 4.75. The van der Waals surface area contributed by atoms with Gasteiger partial charge in [-0.3, -0.25) is 0 Å². The monoisotopic (exact) mass is 196 g/mol. The molecular formula is C10H16N2O2. The van der Waals surface area contributed by atoms with Gasteiger partial charge in [-0.25, -0.2) is 9.78 Å². The highest BCUT2D eigenvalue weighted by molar-refractivity contribution is 5.69. The number of imidazole rings is 1. The van der Waals surface area contributed by atoms with Crippen LogP contribution in [0.3, 0.4) is 0 Å². The number of carbonyl (C=O) groups is 1. The van der Waals surface area contributed by atoms with Crippen molar-refractivity contribution in [2.75, 3.05) is 0 Å². The van der Waals surface area contributed by atoms with Crippen LogP contribution in [0, 0.1) is 0 Å². The first-order valence-corrected chi connectivity index (χ1v) is 5.02. The standard InChI is InChI=1S/C10H16N2O2/c1-2-3-4-5-6-10(13)14-12-8-7-11-9-12/h7-9H,2-6H2,1H3. The summed E-state index contributed by atoms with van der Waals surface area (Å²) in [6.45, 7) is 2.14. The zero-order valence-corrected chi connectivity index (χ0v) is 8.48. The minimum Gasteiger partial charge on any atom is -0.336 e. The molecule has 0 aliphatic carbocycles. The van der Waals surface area contributed by atoms with Crippen molar-refractivity contribution < 1.29 is 9.63 Å². The van der Waals surface area contributed by atoms with E-state index < -0.39 is 0 Å². The smallest absolute Gasteiger partial charge is 0.332 e. The number of hydrogen-bond acceptors (Lipinski definition) is 3. The second-order valence-corrected chi connectivity index (χ2v) is 3.20. The van der Waals surface area contributed by atoms with E-state index in [4.69, 9.17) is 4.84 Å². The van der Waals surface area contributed by atoms with Crippen molar-refractivity contribution in [2.24, 2.45) is 0 Å². The second-order valence-electron chi connectivity index (χ2n) is 3.20. The Morgan fingerprint density at radius 2 is 2.29 bits per heavy atom. The van der Waals surface area contributed by atoms with Gasteiger partial charge in [-0.1, -0.05) is 26.2 Å². The van der Waals surface area contributed by atoms with Crippen LogP contribution in [-0.4, -0.2) is 15.7 Å². The lowest BCUT2D eigenvalue weighted by Gasteiger charge is -2.02. The summed E-state index contributed by atoms with van der Waals surface area (Å²) in [6.07, 6.45) is 9.47. The molecular weight excluding hydrogens is 180 g/mol. The predicted molar refractivity (Wildman–Crippen MR) is 52.6 cm³/mol. The molecule has 0 spiro atoms. The van der Waals surface area contributed by atoms with Crippen molar-refractivity contribution in [3.63, 3.8) is 0 Å². The molecule has 0 amide bonds. The zero-order valence-electron chi connectivity index (χ0n) is 8.48. The van der Waals surface area contributed by atoms with Gasteiger partial charge in [0.2, 0.25) is 0 Å². The van der Waals surface area contributed by atoms with Crippen molar-refractivity contribution in [3.05, 3.63) is 18.7 Å². The molecule has 0 bridgehead atoms. The van der Waals surface area contributed by atoms with Gasteiger partial charge < -0.3 is 4.84 Å². The van der Waals surface area contributed by atoms with Crippen molar-refractivity contribution >= 4 is 5.97 Å². The molecule has 0 saturated heterocycles. The first-order chi connectivity index (χ1) is 6.83. The van der Waals surface area contributed by atoms with Crippen LogP contribution in [-0.2, 0) is 4.79 Å². The fourth-order valence-electron chi connectivity index (χ4n) is 1.16. The normalized spacial score (nSPS) is 10.1. The molecule has 4 heteroatoms. The van der Waals surface area contributed by atoms with Crippen molar-refractivity contribution in [1.82, 2.24) is 9.71 Å². The van der Waals surface area contributed by atoms with Crippen molar-refractivity contribution in [1.29, 1.82) is 0 Å². The van der Waals surface area contributed by atoms with E-state index in [0.717, 1.165) is 12.8 Å². The third-order valence-corrected chi connectivity index (χ3v) is 1.92. The van der Waals surface area contributed by atoms with E-state index in [1.54, 1.807) is 12.4 Å². The van der Waals surface area contributed by atoms with Gasteiger partial charge in [-0.15, -0.1) is 0 Å². The molecule has 78 valence electrons. The number of hydrogen-bond donors (Lipinski definition) is 0. The van der Waals surface area contributed by atoms with E-state index in [1.807, 2.05) is 0 Å². The zero-order chi connectivity index (χ0) is 10.2. The Morgan fingerprint density at radius 3 is 2.93 bits per heavy atom. The third-order valence-electron chi connectivity index (χ3n) is 1.92. The summed E-state index contributed by atoms with van der Waals surface area (Å²) in [5, 5.41) is 0. The maximum Gasteiger partial charge on any atom is 0.332 e. The lowest BCUT2D eigenvalue weighted by Crippen LogP contribution is -2.17. The maximum absolute atomic E-state index is 11.2. The molecule has 1 rings (SSSR count). The van der Waals surface area contributed by atoms with Crippen LogP contribution in [0.5, 0.6) is 0 Å². The molecule has 0 N–H and O–H groups in total. The van der Waals surface area contributed by atoms with Gasteiger partial charge in [0.15, 0.2) is 0 Å². The topological polar surface area (TPSA) is 44.1 Å². The van der Waals surface area contributed by atoms with E-state index in [9.17, 15) is 4.79 Å². The van der Waals surface area contributed by atoms with Crippen LogP contribution in [0.15, 0.2) is 18.7 Å². The molecule has 0 atom stereocenters. The summed E-state index contributed by atoms with van der Waals surface area (Å²) in [6, 6.07) is 0. The van der Waals surface area contributed by atoms with Gasteiger partial charge in [-0.2, -0.15) is 4.73 Å². The molecule has 1 heterocycles. The molecule has 14 heavy (non-hydrogen) atoms.